The van der Waals surface area contributed by atoms with Gasteiger partial charge in [-0.2, -0.15) is 0 Å². The van der Waals surface area contributed by atoms with Crippen molar-refractivity contribution in [2.24, 2.45) is 0 Å². The topological polar surface area (TPSA) is 25.8 Å². The Hall–Kier alpha value is -0.920. The van der Waals surface area contributed by atoms with Crippen LogP contribution in [0, 0.1) is 6.20 Å². The molecule has 57 valence electrons. The average molecular weight is 147 g/mol. The lowest BCUT2D eigenvalue weighted by atomic mass is 10.1. The van der Waals surface area contributed by atoms with E-state index in [-0.39, 0.29) is 0 Å². The van der Waals surface area contributed by atoms with Gasteiger partial charge in [0.2, 0.25) is 0 Å². The first-order chi connectivity index (χ1) is 5.47. The molecule has 0 N–H and O–H groups in total. The van der Waals surface area contributed by atoms with E-state index in [2.05, 4.69) is 16.2 Å². The average Bonchev–Trinajstić information content (AvgIpc) is 2.28. The van der Waals surface area contributed by atoms with Crippen LogP contribution in [0.1, 0.15) is 30.5 Å². The first-order valence-corrected chi connectivity index (χ1v) is 4.17. The number of rotatable bonds is 0. The van der Waals surface area contributed by atoms with Crippen LogP contribution in [0.3, 0.4) is 0 Å². The Kier molecular flexibility index (Phi) is 1.84. The van der Waals surface area contributed by atoms with Crippen molar-refractivity contribution >= 4 is 0 Å². The van der Waals surface area contributed by atoms with Gasteiger partial charge in [-0.3, -0.25) is 0 Å². The highest BCUT2D eigenvalue weighted by Gasteiger charge is 2.07. The lowest BCUT2D eigenvalue weighted by molar-refractivity contribution is 0.708. The van der Waals surface area contributed by atoms with E-state index in [1.165, 1.54) is 30.5 Å². The van der Waals surface area contributed by atoms with Crippen molar-refractivity contribution in [3.05, 3.63) is 23.8 Å². The van der Waals surface area contributed by atoms with Gasteiger partial charge in [-0.05, 0) is 25.7 Å². The maximum atomic E-state index is 4.24. The van der Waals surface area contributed by atoms with Crippen LogP contribution in [-0.4, -0.2) is 9.97 Å². The van der Waals surface area contributed by atoms with E-state index < -0.39 is 0 Å². The van der Waals surface area contributed by atoms with E-state index in [1.54, 1.807) is 6.33 Å². The fourth-order valence-electron chi connectivity index (χ4n) is 1.53. The minimum absolute atomic E-state index is 1.12. The van der Waals surface area contributed by atoms with Crippen molar-refractivity contribution in [2.75, 3.05) is 0 Å². The van der Waals surface area contributed by atoms with E-state index in [9.17, 15) is 0 Å². The van der Waals surface area contributed by atoms with Gasteiger partial charge in [0.1, 0.15) is 6.33 Å². The monoisotopic (exact) mass is 147 g/mol. The van der Waals surface area contributed by atoms with Crippen molar-refractivity contribution < 1.29 is 0 Å². The van der Waals surface area contributed by atoms with Gasteiger partial charge in [0.15, 0.2) is 0 Å². The van der Waals surface area contributed by atoms with Crippen LogP contribution in [0.2, 0.25) is 0 Å². The van der Waals surface area contributed by atoms with Gasteiger partial charge in [-0.15, -0.1) is 0 Å². The molecule has 0 saturated carbocycles. The molecule has 11 heavy (non-hydrogen) atoms. The molecule has 2 rings (SSSR count). The van der Waals surface area contributed by atoms with Crippen molar-refractivity contribution in [1.29, 1.82) is 0 Å². The first-order valence-electron chi connectivity index (χ1n) is 4.17. The Morgan fingerprint density at radius 3 is 3.09 bits per heavy atom. The van der Waals surface area contributed by atoms with Crippen LogP contribution in [0.15, 0.2) is 6.33 Å². The van der Waals surface area contributed by atoms with Crippen LogP contribution >= 0.6 is 0 Å². The predicted octanol–water partition coefficient (Wildman–Crippen LogP) is 1.55. The van der Waals surface area contributed by atoms with E-state index >= 15 is 0 Å². The van der Waals surface area contributed by atoms with Crippen molar-refractivity contribution in [2.45, 2.75) is 32.1 Å². The van der Waals surface area contributed by atoms with Gasteiger partial charge in [-0.25, -0.2) is 9.97 Å². The van der Waals surface area contributed by atoms with Gasteiger partial charge in [-0.1, -0.05) is 6.42 Å². The number of hydrogen-bond donors (Lipinski definition) is 0. The molecule has 0 saturated heterocycles. The van der Waals surface area contributed by atoms with Gasteiger partial charge in [0.05, 0.1) is 6.20 Å². The molecule has 1 aliphatic rings. The number of aromatic nitrogens is 2. The highest BCUT2D eigenvalue weighted by Crippen LogP contribution is 2.16. The maximum absolute atomic E-state index is 4.24. The second-order valence-electron chi connectivity index (χ2n) is 2.97. The largest absolute Gasteiger partial charge is 0.241 e. The number of aryl methyl sites for hydroxylation is 2. The molecule has 1 heterocycles. The normalized spacial score (nSPS) is 17.1. The summed E-state index contributed by atoms with van der Waals surface area (Å²) in [6, 6.07) is 0. The summed E-state index contributed by atoms with van der Waals surface area (Å²) in [5, 5.41) is 0. The maximum Gasteiger partial charge on any atom is 0.116 e. The second-order valence-corrected chi connectivity index (χ2v) is 2.97. The summed E-state index contributed by atoms with van der Waals surface area (Å²) >= 11 is 0. The molecule has 2 nitrogen and oxygen atoms in total. The zero-order chi connectivity index (χ0) is 7.52. The minimum atomic E-state index is 1.12. The van der Waals surface area contributed by atoms with Gasteiger partial charge in [0, 0.05) is 11.3 Å². The Balaban J connectivity index is 2.33. The fraction of sp³-hybridized carbons (Fsp3) is 0.556. The smallest absolute Gasteiger partial charge is 0.116 e. The number of nitrogens with zero attached hydrogens (tertiary/aromatic N) is 2. The molecule has 1 radical (unpaired) electrons. The SMILES string of the molecule is [c]1ncnc2c1CCCCC2. The molecule has 0 aromatic carbocycles. The Morgan fingerprint density at radius 2 is 2.09 bits per heavy atom. The Morgan fingerprint density at radius 1 is 1.18 bits per heavy atom. The van der Waals surface area contributed by atoms with Crippen LogP contribution in [-0.2, 0) is 12.8 Å². The van der Waals surface area contributed by atoms with E-state index in [0.717, 1.165) is 12.8 Å². The molecule has 0 atom stereocenters. The second kappa shape index (κ2) is 2.99. The molecule has 0 amide bonds. The van der Waals surface area contributed by atoms with Crippen LogP contribution in [0.5, 0.6) is 0 Å². The summed E-state index contributed by atoms with van der Waals surface area (Å²) in [5.74, 6) is 0. The molecule has 0 spiro atoms. The number of fused-ring (bicyclic) bond motifs is 1. The summed E-state index contributed by atoms with van der Waals surface area (Å²) in [5.41, 5.74) is 2.46. The summed E-state index contributed by atoms with van der Waals surface area (Å²) in [4.78, 5) is 8.14. The predicted molar refractivity (Wildman–Crippen MR) is 42.1 cm³/mol. The molecule has 0 fully saturated rings. The van der Waals surface area contributed by atoms with Crippen LogP contribution < -0.4 is 0 Å². The van der Waals surface area contributed by atoms with Gasteiger partial charge >= 0.3 is 0 Å². The van der Waals surface area contributed by atoms with E-state index in [0.29, 0.717) is 0 Å². The van der Waals surface area contributed by atoms with Crippen molar-refractivity contribution in [1.82, 2.24) is 9.97 Å². The highest BCUT2D eigenvalue weighted by molar-refractivity contribution is 5.16. The van der Waals surface area contributed by atoms with Crippen molar-refractivity contribution in [3.63, 3.8) is 0 Å². The zero-order valence-electron chi connectivity index (χ0n) is 6.51. The Bertz CT molecular complexity index is 220. The summed E-state index contributed by atoms with van der Waals surface area (Å²) in [6.45, 7) is 0. The summed E-state index contributed by atoms with van der Waals surface area (Å²) in [6.07, 6.45) is 10.7. The van der Waals surface area contributed by atoms with E-state index in [4.69, 9.17) is 0 Å². The molecule has 2 heteroatoms. The summed E-state index contributed by atoms with van der Waals surface area (Å²) in [7, 11) is 0. The third kappa shape index (κ3) is 1.39. The molecule has 0 unspecified atom stereocenters. The fourth-order valence-corrected chi connectivity index (χ4v) is 1.53. The molecule has 0 aliphatic heterocycles. The quantitative estimate of drug-likeness (QED) is 0.520. The molecule has 1 aromatic heterocycles. The van der Waals surface area contributed by atoms with Gasteiger partial charge < -0.3 is 0 Å². The molecular weight excluding hydrogens is 136 g/mol. The van der Waals surface area contributed by atoms with Crippen molar-refractivity contribution in [3.8, 4) is 0 Å². The van der Waals surface area contributed by atoms with Crippen LogP contribution in [0.4, 0.5) is 0 Å². The Labute approximate surface area is 66.7 Å². The summed E-state index contributed by atoms with van der Waals surface area (Å²) < 4.78 is 0. The number of hydrogen-bond acceptors (Lipinski definition) is 2. The third-order valence-corrected chi connectivity index (χ3v) is 2.16. The lowest BCUT2D eigenvalue weighted by Gasteiger charge is -1.99. The molecule has 0 bridgehead atoms. The van der Waals surface area contributed by atoms with E-state index in [1.807, 2.05) is 0 Å². The highest BCUT2D eigenvalue weighted by atomic mass is 14.8. The third-order valence-electron chi connectivity index (χ3n) is 2.16. The zero-order valence-corrected chi connectivity index (χ0v) is 6.51. The van der Waals surface area contributed by atoms with Gasteiger partial charge in [0.25, 0.3) is 0 Å². The molecule has 1 aliphatic carbocycles. The minimum Gasteiger partial charge on any atom is -0.241 e. The molecule has 1 aromatic rings. The van der Waals surface area contributed by atoms with Crippen LogP contribution in [0.25, 0.3) is 0 Å². The first kappa shape index (κ1) is 6.77. The lowest BCUT2D eigenvalue weighted by Crippen LogP contribution is -1.95. The molecular formula is C9H11N2. The standard InChI is InChI=1S/C9H11N2/c1-2-4-8-6-10-7-11-9(8)5-3-1/h7H,1-5H2.